The molecule has 0 atom stereocenters. The third-order valence-corrected chi connectivity index (χ3v) is 1.71. The summed E-state index contributed by atoms with van der Waals surface area (Å²) in [5, 5.41) is 14.2. The summed E-state index contributed by atoms with van der Waals surface area (Å²) < 4.78 is 9.46. The van der Waals surface area contributed by atoms with Crippen molar-refractivity contribution in [3.8, 4) is 0 Å². The maximum atomic E-state index is 11.4. The first-order valence-electron chi connectivity index (χ1n) is 4.60. The van der Waals surface area contributed by atoms with Crippen molar-refractivity contribution < 1.29 is 24.0 Å². The maximum absolute atomic E-state index is 11.4. The molecule has 0 fully saturated rings. The van der Waals surface area contributed by atoms with Crippen molar-refractivity contribution in [1.82, 2.24) is 10.5 Å². The standard InChI is InChI=1S/C9H12N2O5/c1-6-4-11-16-8(6)9(14)10-2-3-15-5-7(12)13/h4H,2-3,5H2,1H3,(H,10,14)(H,12,13). The van der Waals surface area contributed by atoms with Gasteiger partial charge in [-0.05, 0) is 6.92 Å². The lowest BCUT2D eigenvalue weighted by Gasteiger charge is -2.03. The predicted octanol–water partition coefficient (Wildman–Crippen LogP) is -0.186. The topological polar surface area (TPSA) is 102 Å². The van der Waals surface area contributed by atoms with Gasteiger partial charge in [-0.3, -0.25) is 4.79 Å². The van der Waals surface area contributed by atoms with Gasteiger partial charge in [-0.1, -0.05) is 5.16 Å². The molecule has 0 aliphatic rings. The minimum Gasteiger partial charge on any atom is -0.480 e. The highest BCUT2D eigenvalue weighted by atomic mass is 16.5. The normalized spacial score (nSPS) is 10.1. The Morgan fingerprint density at radius 3 is 2.94 bits per heavy atom. The Morgan fingerprint density at radius 1 is 1.62 bits per heavy atom. The monoisotopic (exact) mass is 228 g/mol. The number of carbonyl (C=O) groups is 2. The summed E-state index contributed by atoms with van der Waals surface area (Å²) >= 11 is 0. The Balaban J connectivity index is 2.21. The van der Waals surface area contributed by atoms with Gasteiger partial charge in [0.25, 0.3) is 5.91 Å². The Kier molecular flexibility index (Phi) is 4.46. The van der Waals surface area contributed by atoms with E-state index in [1.807, 2.05) is 0 Å². The minimum atomic E-state index is -1.04. The minimum absolute atomic E-state index is 0.130. The van der Waals surface area contributed by atoms with Crippen molar-refractivity contribution in [3.63, 3.8) is 0 Å². The number of hydrogen-bond donors (Lipinski definition) is 2. The van der Waals surface area contributed by atoms with Gasteiger partial charge in [0, 0.05) is 12.1 Å². The Morgan fingerprint density at radius 2 is 2.38 bits per heavy atom. The number of ether oxygens (including phenoxy) is 1. The number of aromatic nitrogens is 1. The molecule has 7 nitrogen and oxygen atoms in total. The van der Waals surface area contributed by atoms with Gasteiger partial charge in [0.1, 0.15) is 6.61 Å². The molecule has 0 saturated carbocycles. The van der Waals surface area contributed by atoms with Crippen LogP contribution in [0.5, 0.6) is 0 Å². The van der Waals surface area contributed by atoms with Crippen molar-refractivity contribution in [3.05, 3.63) is 17.5 Å². The van der Waals surface area contributed by atoms with Crippen LogP contribution in [0.15, 0.2) is 10.7 Å². The fourth-order valence-electron chi connectivity index (χ4n) is 0.986. The molecule has 2 N–H and O–H groups in total. The highest BCUT2D eigenvalue weighted by molar-refractivity contribution is 5.92. The molecule has 0 aliphatic heterocycles. The van der Waals surface area contributed by atoms with E-state index in [4.69, 9.17) is 14.4 Å². The first-order chi connectivity index (χ1) is 7.61. The number of carboxylic acids is 1. The molecule has 1 heterocycles. The third-order valence-electron chi connectivity index (χ3n) is 1.71. The SMILES string of the molecule is Cc1cnoc1C(=O)NCCOCC(=O)O. The Bertz CT molecular complexity index is 374. The summed E-state index contributed by atoms with van der Waals surface area (Å²) in [5.41, 5.74) is 0.643. The lowest BCUT2D eigenvalue weighted by atomic mass is 10.3. The second kappa shape index (κ2) is 5.86. The fraction of sp³-hybridized carbons (Fsp3) is 0.444. The molecule has 0 saturated heterocycles. The van der Waals surface area contributed by atoms with E-state index in [-0.39, 0.29) is 25.5 Å². The van der Waals surface area contributed by atoms with E-state index in [0.29, 0.717) is 5.56 Å². The summed E-state index contributed by atoms with van der Waals surface area (Å²) in [5.74, 6) is -1.29. The third kappa shape index (κ3) is 3.70. The Hall–Kier alpha value is -1.89. The van der Waals surface area contributed by atoms with E-state index >= 15 is 0 Å². The average Bonchev–Trinajstić information content (AvgIpc) is 2.63. The van der Waals surface area contributed by atoms with Crippen molar-refractivity contribution >= 4 is 11.9 Å². The van der Waals surface area contributed by atoms with Crippen LogP contribution in [0, 0.1) is 6.92 Å². The lowest BCUT2D eigenvalue weighted by molar-refractivity contribution is -0.142. The number of rotatable bonds is 6. The van der Waals surface area contributed by atoms with Gasteiger partial charge in [0.15, 0.2) is 0 Å². The number of nitrogens with zero attached hydrogens (tertiary/aromatic N) is 1. The van der Waals surface area contributed by atoms with E-state index < -0.39 is 11.9 Å². The quantitative estimate of drug-likeness (QED) is 0.654. The largest absolute Gasteiger partial charge is 0.480 e. The van der Waals surface area contributed by atoms with Crippen LogP contribution in [-0.4, -0.2) is 41.9 Å². The van der Waals surface area contributed by atoms with Gasteiger partial charge in [-0.2, -0.15) is 0 Å². The van der Waals surface area contributed by atoms with Gasteiger partial charge in [0.05, 0.1) is 12.8 Å². The molecular weight excluding hydrogens is 216 g/mol. The number of carbonyl (C=O) groups excluding carboxylic acids is 1. The van der Waals surface area contributed by atoms with Gasteiger partial charge in [-0.15, -0.1) is 0 Å². The Labute approximate surface area is 91.4 Å². The van der Waals surface area contributed by atoms with Crippen molar-refractivity contribution in [2.45, 2.75) is 6.92 Å². The second-order valence-electron chi connectivity index (χ2n) is 3.04. The molecule has 1 rings (SSSR count). The first kappa shape index (κ1) is 12.2. The molecule has 0 unspecified atom stereocenters. The van der Waals surface area contributed by atoms with Crippen LogP contribution in [-0.2, 0) is 9.53 Å². The number of nitrogens with one attached hydrogen (secondary N) is 1. The fourth-order valence-corrected chi connectivity index (χ4v) is 0.986. The summed E-state index contributed by atoms with van der Waals surface area (Å²) in [6.07, 6.45) is 1.44. The molecule has 88 valence electrons. The van der Waals surface area contributed by atoms with E-state index in [2.05, 4.69) is 10.5 Å². The zero-order valence-corrected chi connectivity index (χ0v) is 8.73. The summed E-state index contributed by atoms with van der Waals surface area (Å²) in [7, 11) is 0. The summed E-state index contributed by atoms with van der Waals surface area (Å²) in [6.45, 7) is 1.67. The molecule has 1 aromatic rings. The van der Waals surface area contributed by atoms with E-state index in [0.717, 1.165) is 0 Å². The van der Waals surface area contributed by atoms with E-state index in [1.165, 1.54) is 6.20 Å². The zero-order chi connectivity index (χ0) is 12.0. The van der Waals surface area contributed by atoms with Crippen molar-refractivity contribution in [2.75, 3.05) is 19.8 Å². The van der Waals surface area contributed by atoms with Crippen LogP contribution >= 0.6 is 0 Å². The van der Waals surface area contributed by atoms with E-state index in [1.54, 1.807) is 6.92 Å². The molecule has 16 heavy (non-hydrogen) atoms. The highest BCUT2D eigenvalue weighted by Crippen LogP contribution is 2.04. The van der Waals surface area contributed by atoms with Gasteiger partial charge >= 0.3 is 5.97 Å². The molecule has 0 spiro atoms. The lowest BCUT2D eigenvalue weighted by Crippen LogP contribution is -2.28. The maximum Gasteiger partial charge on any atom is 0.329 e. The van der Waals surface area contributed by atoms with Crippen LogP contribution in [0.1, 0.15) is 16.1 Å². The molecule has 1 amide bonds. The number of amides is 1. The van der Waals surface area contributed by atoms with Crippen LogP contribution < -0.4 is 5.32 Å². The van der Waals surface area contributed by atoms with Crippen LogP contribution in [0.25, 0.3) is 0 Å². The predicted molar refractivity (Wildman–Crippen MR) is 52.0 cm³/mol. The number of carboxylic acid groups (broad SMARTS) is 1. The second-order valence-corrected chi connectivity index (χ2v) is 3.04. The molecule has 0 aromatic carbocycles. The van der Waals surface area contributed by atoms with Gasteiger partial charge < -0.3 is 19.7 Å². The summed E-state index contributed by atoms with van der Waals surface area (Å²) in [6, 6.07) is 0. The number of hydrogen-bond acceptors (Lipinski definition) is 5. The zero-order valence-electron chi connectivity index (χ0n) is 8.73. The molecular formula is C9H12N2O5. The number of aryl methyl sites for hydroxylation is 1. The van der Waals surface area contributed by atoms with Crippen LogP contribution in [0.3, 0.4) is 0 Å². The molecule has 0 radical (unpaired) electrons. The smallest absolute Gasteiger partial charge is 0.329 e. The van der Waals surface area contributed by atoms with Crippen LogP contribution in [0.4, 0.5) is 0 Å². The summed E-state index contributed by atoms with van der Waals surface area (Å²) in [4.78, 5) is 21.5. The molecule has 1 aromatic heterocycles. The van der Waals surface area contributed by atoms with E-state index in [9.17, 15) is 9.59 Å². The highest BCUT2D eigenvalue weighted by Gasteiger charge is 2.12. The van der Waals surface area contributed by atoms with Crippen LogP contribution in [0.2, 0.25) is 0 Å². The average molecular weight is 228 g/mol. The molecule has 0 bridgehead atoms. The first-order valence-corrected chi connectivity index (χ1v) is 4.60. The molecule has 7 heteroatoms. The molecule has 0 aliphatic carbocycles. The van der Waals surface area contributed by atoms with Crippen molar-refractivity contribution in [2.24, 2.45) is 0 Å². The van der Waals surface area contributed by atoms with Gasteiger partial charge in [-0.25, -0.2) is 4.79 Å². The van der Waals surface area contributed by atoms with Crippen molar-refractivity contribution in [1.29, 1.82) is 0 Å². The van der Waals surface area contributed by atoms with Gasteiger partial charge in [0.2, 0.25) is 5.76 Å². The number of aliphatic carboxylic acids is 1.